The highest BCUT2D eigenvalue weighted by atomic mass is 16.6. The van der Waals surface area contributed by atoms with Gasteiger partial charge in [-0.15, -0.1) is 0 Å². The van der Waals surface area contributed by atoms with Gasteiger partial charge in [-0.2, -0.15) is 0 Å². The number of ketones is 1. The molecule has 0 saturated carbocycles. The zero-order chi connectivity index (χ0) is 25.5. The SMILES string of the molecule is CC[C@@]1(O)C(=O)CCc2c1cc1n(c2=O)Cc2c-1nc1c(C)c(C)c3c(c1c2CN(C)C)OCCO3. The van der Waals surface area contributed by atoms with E-state index in [0.717, 1.165) is 50.3 Å². The van der Waals surface area contributed by atoms with Crippen molar-refractivity contribution in [2.75, 3.05) is 27.3 Å². The molecule has 2 aliphatic heterocycles. The Labute approximate surface area is 209 Å². The minimum atomic E-state index is -1.63. The molecular weight excluding hydrogens is 458 g/mol. The predicted octanol–water partition coefficient (Wildman–Crippen LogP) is 2.99. The summed E-state index contributed by atoms with van der Waals surface area (Å²) in [5.41, 5.74) is 5.45. The molecule has 36 heavy (non-hydrogen) atoms. The molecule has 1 aliphatic carbocycles. The number of aliphatic hydroxyl groups is 1. The Kier molecular flexibility index (Phi) is 5.08. The van der Waals surface area contributed by atoms with Crippen LogP contribution in [0.25, 0.3) is 22.3 Å². The van der Waals surface area contributed by atoms with Crippen molar-refractivity contribution in [1.82, 2.24) is 14.5 Å². The summed E-state index contributed by atoms with van der Waals surface area (Å²) >= 11 is 0. The second-order valence-corrected chi connectivity index (χ2v) is 10.4. The van der Waals surface area contributed by atoms with E-state index in [1.54, 1.807) is 11.5 Å². The molecule has 2 aromatic heterocycles. The number of benzene rings is 1. The lowest BCUT2D eigenvalue weighted by Gasteiger charge is -2.32. The van der Waals surface area contributed by atoms with Gasteiger partial charge in [-0.05, 0) is 58.0 Å². The van der Waals surface area contributed by atoms with Gasteiger partial charge in [-0.1, -0.05) is 6.92 Å². The summed E-state index contributed by atoms with van der Waals surface area (Å²) in [7, 11) is 4.03. The molecule has 0 radical (unpaired) electrons. The Balaban J connectivity index is 1.70. The summed E-state index contributed by atoms with van der Waals surface area (Å²) < 4.78 is 14.0. The van der Waals surface area contributed by atoms with Gasteiger partial charge in [0.1, 0.15) is 18.8 Å². The summed E-state index contributed by atoms with van der Waals surface area (Å²) in [4.78, 5) is 33.7. The summed E-state index contributed by atoms with van der Waals surface area (Å²) in [5, 5.41) is 12.2. The number of aryl methyl sites for hydroxylation is 1. The maximum atomic E-state index is 13.7. The number of pyridine rings is 2. The van der Waals surface area contributed by atoms with Crippen LogP contribution in [0.3, 0.4) is 0 Å². The zero-order valence-electron chi connectivity index (χ0n) is 21.4. The lowest BCUT2D eigenvalue weighted by Crippen LogP contribution is -2.43. The topological polar surface area (TPSA) is 93.9 Å². The number of ether oxygens (including phenoxy) is 2. The number of hydrogen-bond acceptors (Lipinski definition) is 7. The Morgan fingerprint density at radius 3 is 2.50 bits per heavy atom. The van der Waals surface area contributed by atoms with Gasteiger partial charge in [0.2, 0.25) is 0 Å². The van der Waals surface area contributed by atoms with E-state index in [4.69, 9.17) is 14.5 Å². The largest absolute Gasteiger partial charge is 0.486 e. The number of aromatic nitrogens is 2. The zero-order valence-corrected chi connectivity index (χ0v) is 21.4. The molecule has 3 aliphatic rings. The first-order valence-electron chi connectivity index (χ1n) is 12.6. The van der Waals surface area contributed by atoms with Gasteiger partial charge in [0, 0.05) is 35.2 Å². The normalized spacial score (nSPS) is 20.0. The van der Waals surface area contributed by atoms with Crippen molar-refractivity contribution < 1.29 is 19.4 Å². The fourth-order valence-corrected chi connectivity index (χ4v) is 6.09. The monoisotopic (exact) mass is 489 g/mol. The average Bonchev–Trinajstić information content (AvgIpc) is 3.24. The van der Waals surface area contributed by atoms with E-state index in [2.05, 4.69) is 4.90 Å². The number of carbonyl (C=O) groups excluding carboxylic acids is 1. The fraction of sp³-hybridized carbons (Fsp3) is 0.464. The molecule has 0 bridgehead atoms. The van der Waals surface area contributed by atoms with Crippen LogP contribution in [0.2, 0.25) is 0 Å². The molecule has 0 fully saturated rings. The second-order valence-electron chi connectivity index (χ2n) is 10.4. The molecule has 8 heteroatoms. The van der Waals surface area contributed by atoms with E-state index in [1.165, 1.54) is 0 Å². The third-order valence-electron chi connectivity index (χ3n) is 8.13. The standard InChI is InChI=1S/C28H31N3O5/c1-6-28(34)19-11-20-24-18(13-31(20)27(33)16(19)7-8-21(28)32)17(12-30(4)5)22-23(29-24)14(2)15(3)25-26(22)36-10-9-35-25/h11,34H,6-10,12-13H2,1-5H3/t28-/m0/s1. The average molecular weight is 490 g/mol. The van der Waals surface area contributed by atoms with Gasteiger partial charge in [0.15, 0.2) is 17.3 Å². The van der Waals surface area contributed by atoms with Crippen LogP contribution >= 0.6 is 0 Å². The lowest BCUT2D eigenvalue weighted by atomic mass is 9.77. The predicted molar refractivity (Wildman–Crippen MR) is 136 cm³/mol. The van der Waals surface area contributed by atoms with E-state index in [-0.39, 0.29) is 24.2 Å². The van der Waals surface area contributed by atoms with Gasteiger partial charge in [-0.3, -0.25) is 9.59 Å². The van der Waals surface area contributed by atoms with Gasteiger partial charge in [0.25, 0.3) is 5.56 Å². The molecule has 0 unspecified atom stereocenters. The number of rotatable bonds is 3. The first-order chi connectivity index (χ1) is 17.2. The molecule has 0 saturated heterocycles. The van der Waals surface area contributed by atoms with E-state index in [0.29, 0.717) is 49.5 Å². The quantitative estimate of drug-likeness (QED) is 0.473. The van der Waals surface area contributed by atoms with Gasteiger partial charge in [-0.25, -0.2) is 4.98 Å². The fourth-order valence-electron chi connectivity index (χ4n) is 6.09. The third kappa shape index (κ3) is 2.97. The molecule has 8 nitrogen and oxygen atoms in total. The van der Waals surface area contributed by atoms with Gasteiger partial charge < -0.3 is 24.0 Å². The van der Waals surface area contributed by atoms with E-state index < -0.39 is 5.60 Å². The Morgan fingerprint density at radius 1 is 1.08 bits per heavy atom. The van der Waals surface area contributed by atoms with E-state index in [1.807, 2.05) is 34.0 Å². The minimum absolute atomic E-state index is 0.144. The lowest BCUT2D eigenvalue weighted by molar-refractivity contribution is -0.140. The van der Waals surface area contributed by atoms with Crippen LogP contribution in [-0.2, 0) is 29.9 Å². The summed E-state index contributed by atoms with van der Waals surface area (Å²) in [5.74, 6) is 1.26. The maximum Gasteiger partial charge on any atom is 0.254 e. The van der Waals surface area contributed by atoms with Crippen LogP contribution < -0.4 is 15.0 Å². The smallest absolute Gasteiger partial charge is 0.254 e. The molecule has 6 rings (SSSR count). The number of carbonyl (C=O) groups is 1. The Morgan fingerprint density at radius 2 is 1.81 bits per heavy atom. The van der Waals surface area contributed by atoms with Crippen LogP contribution in [-0.4, -0.2) is 52.6 Å². The van der Waals surface area contributed by atoms with Gasteiger partial charge >= 0.3 is 0 Å². The van der Waals surface area contributed by atoms with Crippen LogP contribution in [0.5, 0.6) is 11.5 Å². The second kappa shape index (κ2) is 7.88. The van der Waals surface area contributed by atoms with E-state index in [9.17, 15) is 14.7 Å². The third-order valence-corrected chi connectivity index (χ3v) is 8.13. The summed E-state index contributed by atoms with van der Waals surface area (Å²) in [6, 6.07) is 1.83. The number of fused-ring (bicyclic) bond motifs is 7. The summed E-state index contributed by atoms with van der Waals surface area (Å²) in [6.45, 7) is 7.85. The molecule has 0 spiro atoms. The number of Topliss-reactive ketones (excluding diaryl/α,β-unsaturated/α-hetero) is 1. The van der Waals surface area contributed by atoms with Crippen LogP contribution in [0.1, 0.15) is 53.1 Å². The first-order valence-corrected chi connectivity index (χ1v) is 12.6. The molecule has 4 heterocycles. The van der Waals surface area contributed by atoms with Crippen molar-refractivity contribution in [2.24, 2.45) is 0 Å². The highest BCUT2D eigenvalue weighted by molar-refractivity contribution is 5.98. The highest BCUT2D eigenvalue weighted by Gasteiger charge is 2.43. The minimum Gasteiger partial charge on any atom is -0.486 e. The van der Waals surface area contributed by atoms with Crippen molar-refractivity contribution in [3.63, 3.8) is 0 Å². The molecule has 188 valence electrons. The first kappa shape index (κ1) is 23.2. The number of hydrogen-bond donors (Lipinski definition) is 1. The Hall–Kier alpha value is -3.23. The van der Waals surface area contributed by atoms with Crippen molar-refractivity contribution in [3.8, 4) is 22.9 Å². The van der Waals surface area contributed by atoms with Crippen molar-refractivity contribution in [2.45, 2.75) is 58.7 Å². The molecule has 0 amide bonds. The van der Waals surface area contributed by atoms with Crippen molar-refractivity contribution in [3.05, 3.63) is 49.8 Å². The summed E-state index contributed by atoms with van der Waals surface area (Å²) in [6.07, 6.45) is 0.755. The molecule has 3 aromatic rings. The van der Waals surface area contributed by atoms with Crippen LogP contribution in [0, 0.1) is 13.8 Å². The van der Waals surface area contributed by atoms with Crippen molar-refractivity contribution in [1.29, 1.82) is 0 Å². The highest BCUT2D eigenvalue weighted by Crippen LogP contribution is 2.48. The molecule has 1 atom stereocenters. The van der Waals surface area contributed by atoms with Crippen LogP contribution in [0.15, 0.2) is 10.9 Å². The molecule has 1 N–H and O–H groups in total. The maximum absolute atomic E-state index is 13.7. The number of nitrogens with zero attached hydrogens (tertiary/aromatic N) is 3. The molecule has 1 aromatic carbocycles. The van der Waals surface area contributed by atoms with Crippen LogP contribution in [0.4, 0.5) is 0 Å². The van der Waals surface area contributed by atoms with Gasteiger partial charge in [0.05, 0.1) is 28.8 Å². The van der Waals surface area contributed by atoms with E-state index >= 15 is 0 Å². The Bertz CT molecular complexity index is 1540. The molecular formula is C28H31N3O5. The van der Waals surface area contributed by atoms with Crippen molar-refractivity contribution >= 4 is 16.7 Å².